The van der Waals surface area contributed by atoms with Gasteiger partial charge in [-0.1, -0.05) is 11.3 Å². The van der Waals surface area contributed by atoms with Crippen LogP contribution < -0.4 is 0 Å². The van der Waals surface area contributed by atoms with Crippen LogP contribution in [0.3, 0.4) is 0 Å². The van der Waals surface area contributed by atoms with Gasteiger partial charge in [0.2, 0.25) is 5.13 Å². The van der Waals surface area contributed by atoms with Gasteiger partial charge >= 0.3 is 0 Å². The summed E-state index contributed by atoms with van der Waals surface area (Å²) in [4.78, 5) is 10.5. The molecule has 5 heteroatoms. The summed E-state index contributed by atoms with van der Waals surface area (Å²) >= 11 is 1.39. The van der Waals surface area contributed by atoms with Crippen molar-refractivity contribution in [1.29, 1.82) is 0 Å². The number of carbonyl (C=O) groups is 1. The second-order valence-electron chi connectivity index (χ2n) is 2.14. The average molecular weight is 179 g/mol. The molecule has 0 unspecified atom stereocenters. The second kappa shape index (κ2) is 2.86. The van der Waals surface area contributed by atoms with Crippen molar-refractivity contribution in [3.63, 3.8) is 0 Å². The lowest BCUT2D eigenvalue weighted by molar-refractivity contribution is 0.111. The monoisotopic (exact) mass is 179 g/mol. The van der Waals surface area contributed by atoms with E-state index in [2.05, 4.69) is 10.2 Å². The smallest absolute Gasteiger partial charge is 0.216 e. The van der Waals surface area contributed by atoms with Crippen molar-refractivity contribution in [1.82, 2.24) is 14.8 Å². The summed E-state index contributed by atoms with van der Waals surface area (Å²) in [6.45, 7) is 0. The van der Waals surface area contributed by atoms with E-state index in [1.807, 2.05) is 0 Å². The highest BCUT2D eigenvalue weighted by Crippen LogP contribution is 2.11. The van der Waals surface area contributed by atoms with E-state index < -0.39 is 0 Å². The maximum atomic E-state index is 10.5. The normalized spacial score (nSPS) is 10.0. The molecule has 0 saturated carbocycles. The third-order valence-corrected chi connectivity index (χ3v) is 2.14. The fraction of sp³-hybridized carbons (Fsp3) is 0. The summed E-state index contributed by atoms with van der Waals surface area (Å²) < 4.78 is 1.70. The van der Waals surface area contributed by atoms with E-state index in [-0.39, 0.29) is 0 Å². The first-order valence-electron chi connectivity index (χ1n) is 3.31. The molecule has 2 aromatic heterocycles. The predicted molar refractivity (Wildman–Crippen MR) is 44.6 cm³/mol. The number of carbonyl (C=O) groups excluding carboxylic acids is 1. The summed E-state index contributed by atoms with van der Waals surface area (Å²) in [5, 5.41) is 8.24. The Labute approximate surface area is 72.5 Å². The van der Waals surface area contributed by atoms with Gasteiger partial charge < -0.3 is 0 Å². The zero-order chi connectivity index (χ0) is 8.39. The molecule has 0 aliphatic heterocycles. The molecular weight excluding hydrogens is 174 g/mol. The van der Waals surface area contributed by atoms with Crippen LogP contribution in [0, 0.1) is 0 Å². The minimum absolute atomic E-state index is 0.590. The van der Waals surface area contributed by atoms with Gasteiger partial charge in [-0.3, -0.25) is 9.36 Å². The van der Waals surface area contributed by atoms with Crippen LogP contribution in [-0.2, 0) is 0 Å². The van der Waals surface area contributed by atoms with E-state index in [0.29, 0.717) is 10.8 Å². The van der Waals surface area contributed by atoms with Crippen molar-refractivity contribution in [3.8, 4) is 5.13 Å². The Morgan fingerprint density at radius 1 is 1.58 bits per heavy atom. The number of rotatable bonds is 2. The van der Waals surface area contributed by atoms with E-state index in [1.165, 1.54) is 11.3 Å². The van der Waals surface area contributed by atoms with Crippen LogP contribution in [0.4, 0.5) is 0 Å². The fourth-order valence-electron chi connectivity index (χ4n) is 0.937. The number of nitrogens with zero attached hydrogens (tertiary/aromatic N) is 3. The standard InChI is InChI=1S/C7H5N3OS/c11-4-6-2-1-3-10(6)7-9-8-5-12-7/h1-5H. The first kappa shape index (κ1) is 7.17. The van der Waals surface area contributed by atoms with Crippen LogP contribution in [0.15, 0.2) is 23.8 Å². The highest BCUT2D eigenvalue weighted by atomic mass is 32.1. The number of aldehydes is 1. The number of hydrogen-bond acceptors (Lipinski definition) is 4. The lowest BCUT2D eigenvalue weighted by Crippen LogP contribution is -1.96. The minimum atomic E-state index is 0.590. The number of hydrogen-bond donors (Lipinski definition) is 0. The van der Waals surface area contributed by atoms with Crippen molar-refractivity contribution >= 4 is 17.6 Å². The Balaban J connectivity index is 2.53. The largest absolute Gasteiger partial charge is 0.296 e. The van der Waals surface area contributed by atoms with Crippen LogP contribution in [-0.4, -0.2) is 21.1 Å². The van der Waals surface area contributed by atoms with Crippen LogP contribution in [0.2, 0.25) is 0 Å². The van der Waals surface area contributed by atoms with Crippen LogP contribution in [0.1, 0.15) is 10.5 Å². The van der Waals surface area contributed by atoms with E-state index in [1.54, 1.807) is 28.4 Å². The summed E-state index contributed by atoms with van der Waals surface area (Å²) in [5.41, 5.74) is 2.22. The molecule has 0 aliphatic rings. The summed E-state index contributed by atoms with van der Waals surface area (Å²) in [7, 11) is 0. The molecule has 2 rings (SSSR count). The topological polar surface area (TPSA) is 47.8 Å². The Hall–Kier alpha value is -1.49. The number of aromatic nitrogens is 3. The summed E-state index contributed by atoms with van der Waals surface area (Å²) in [6.07, 6.45) is 2.58. The molecule has 0 fully saturated rings. The van der Waals surface area contributed by atoms with Gasteiger partial charge in [-0.15, -0.1) is 10.2 Å². The molecule has 60 valence electrons. The molecule has 0 aliphatic carbocycles. The van der Waals surface area contributed by atoms with Gasteiger partial charge in [0.25, 0.3) is 0 Å². The van der Waals surface area contributed by atoms with Gasteiger partial charge in [0.1, 0.15) is 5.51 Å². The first-order chi connectivity index (χ1) is 5.92. The Morgan fingerprint density at radius 3 is 3.17 bits per heavy atom. The van der Waals surface area contributed by atoms with Crippen molar-refractivity contribution in [2.75, 3.05) is 0 Å². The van der Waals surface area contributed by atoms with Gasteiger partial charge in [0.15, 0.2) is 6.29 Å². The Morgan fingerprint density at radius 2 is 2.50 bits per heavy atom. The third kappa shape index (κ3) is 1.04. The third-order valence-electron chi connectivity index (χ3n) is 1.46. The molecule has 0 N–H and O–H groups in total. The maximum absolute atomic E-state index is 10.5. The molecule has 0 saturated heterocycles. The van der Waals surface area contributed by atoms with E-state index in [9.17, 15) is 4.79 Å². The van der Waals surface area contributed by atoms with Crippen molar-refractivity contribution in [2.24, 2.45) is 0 Å². The quantitative estimate of drug-likeness (QED) is 0.649. The molecule has 0 spiro atoms. The van der Waals surface area contributed by atoms with Gasteiger partial charge in [-0.2, -0.15) is 0 Å². The molecule has 12 heavy (non-hydrogen) atoms. The highest BCUT2D eigenvalue weighted by Gasteiger charge is 2.03. The van der Waals surface area contributed by atoms with Gasteiger partial charge in [0, 0.05) is 6.20 Å². The van der Waals surface area contributed by atoms with Crippen molar-refractivity contribution in [3.05, 3.63) is 29.5 Å². The van der Waals surface area contributed by atoms with Crippen molar-refractivity contribution < 1.29 is 4.79 Å². The Bertz CT molecular complexity index is 379. The average Bonchev–Trinajstić information content (AvgIpc) is 2.74. The summed E-state index contributed by atoms with van der Waals surface area (Å²) in [6, 6.07) is 3.53. The zero-order valence-electron chi connectivity index (χ0n) is 6.04. The van der Waals surface area contributed by atoms with Gasteiger partial charge in [0.05, 0.1) is 5.69 Å². The van der Waals surface area contributed by atoms with E-state index in [0.717, 1.165) is 6.29 Å². The molecule has 0 amide bonds. The van der Waals surface area contributed by atoms with Crippen LogP contribution in [0.5, 0.6) is 0 Å². The SMILES string of the molecule is O=Cc1cccn1-c1nncs1. The molecule has 4 nitrogen and oxygen atoms in total. The van der Waals surface area contributed by atoms with E-state index in [4.69, 9.17) is 0 Å². The lowest BCUT2D eigenvalue weighted by atomic mass is 10.5. The molecule has 0 bridgehead atoms. The van der Waals surface area contributed by atoms with Crippen LogP contribution in [0.25, 0.3) is 5.13 Å². The van der Waals surface area contributed by atoms with E-state index >= 15 is 0 Å². The molecular formula is C7H5N3OS. The molecule has 0 radical (unpaired) electrons. The Kier molecular flexibility index (Phi) is 1.71. The van der Waals surface area contributed by atoms with Gasteiger partial charge in [-0.25, -0.2) is 0 Å². The molecule has 2 heterocycles. The lowest BCUT2D eigenvalue weighted by Gasteiger charge is -1.96. The molecule has 2 aromatic rings. The zero-order valence-corrected chi connectivity index (χ0v) is 6.86. The highest BCUT2D eigenvalue weighted by molar-refractivity contribution is 7.11. The predicted octanol–water partition coefficient (Wildman–Crippen LogP) is 1.14. The summed E-state index contributed by atoms with van der Waals surface area (Å²) in [5.74, 6) is 0. The first-order valence-corrected chi connectivity index (χ1v) is 4.19. The second-order valence-corrected chi connectivity index (χ2v) is 2.95. The van der Waals surface area contributed by atoms with Gasteiger partial charge in [-0.05, 0) is 12.1 Å². The van der Waals surface area contributed by atoms with Crippen LogP contribution >= 0.6 is 11.3 Å². The maximum Gasteiger partial charge on any atom is 0.216 e. The minimum Gasteiger partial charge on any atom is -0.296 e. The molecule has 0 atom stereocenters. The molecule has 0 aromatic carbocycles. The van der Waals surface area contributed by atoms with Crippen molar-refractivity contribution in [2.45, 2.75) is 0 Å². The fourth-order valence-corrected chi connectivity index (χ4v) is 1.50.